The molecule has 2 fully saturated rings. The molecule has 1 aliphatic heterocycles. The molecule has 2 rings (SSSR count). The predicted molar refractivity (Wildman–Crippen MR) is 23.3 cm³/mol. The first kappa shape index (κ1) is 3.03. The Balaban J connectivity index is 2.09. The van der Waals surface area contributed by atoms with Gasteiger partial charge in [-0.2, -0.15) is 0 Å². The summed E-state index contributed by atoms with van der Waals surface area (Å²) in [5.74, 6) is 2.31. The monoisotopic (exact) mass is 84.1 g/mol. The number of hydrogen-bond acceptors (Lipinski definition) is 0. The molecule has 0 amide bonds. The Labute approximate surface area is 37.7 Å². The van der Waals surface area contributed by atoms with Gasteiger partial charge in [-0.05, 0) is 6.42 Å². The van der Waals surface area contributed by atoms with Gasteiger partial charge in [0.15, 0.2) is 0 Å². The molecule has 2 aliphatic rings. The van der Waals surface area contributed by atoms with Gasteiger partial charge in [-0.3, -0.25) is 0 Å². The normalized spacial score (nSPS) is 52.0. The van der Waals surface area contributed by atoms with Crippen LogP contribution >= 0.6 is 0 Å². The standard InChI is InChI=1S/C5H9N/c1-4-2-6-3-5(1)4/h4-6H,1-3H2/p+1. The van der Waals surface area contributed by atoms with Crippen molar-refractivity contribution in [2.24, 2.45) is 11.8 Å². The van der Waals surface area contributed by atoms with Crippen molar-refractivity contribution in [2.45, 2.75) is 6.42 Å². The van der Waals surface area contributed by atoms with Crippen LogP contribution in [0.1, 0.15) is 6.42 Å². The zero-order chi connectivity index (χ0) is 3.98. The Morgan fingerprint density at radius 2 is 1.83 bits per heavy atom. The van der Waals surface area contributed by atoms with Crippen LogP contribution in [-0.4, -0.2) is 13.1 Å². The first-order chi connectivity index (χ1) is 2.97. The molecule has 1 heterocycles. The molecule has 0 spiro atoms. The summed E-state index contributed by atoms with van der Waals surface area (Å²) >= 11 is 0. The molecule has 0 aromatic rings. The van der Waals surface area contributed by atoms with Crippen molar-refractivity contribution >= 4 is 0 Å². The maximum absolute atomic E-state index is 2.43. The average molecular weight is 84.1 g/mol. The van der Waals surface area contributed by atoms with E-state index in [0.29, 0.717) is 0 Å². The number of nitrogens with two attached hydrogens (primary N) is 1. The highest BCUT2D eigenvalue weighted by Crippen LogP contribution is 2.37. The van der Waals surface area contributed by atoms with Crippen LogP contribution in [0.25, 0.3) is 0 Å². The van der Waals surface area contributed by atoms with Gasteiger partial charge in [0.25, 0.3) is 0 Å². The van der Waals surface area contributed by atoms with Crippen molar-refractivity contribution in [3.05, 3.63) is 0 Å². The van der Waals surface area contributed by atoms with Gasteiger partial charge < -0.3 is 5.32 Å². The van der Waals surface area contributed by atoms with Gasteiger partial charge >= 0.3 is 0 Å². The third-order valence-electron chi connectivity index (χ3n) is 2.01. The summed E-state index contributed by atoms with van der Waals surface area (Å²) in [6.07, 6.45) is 1.55. The second kappa shape index (κ2) is 0.784. The van der Waals surface area contributed by atoms with E-state index < -0.39 is 0 Å². The molecular formula is C5H10N+. The van der Waals surface area contributed by atoms with E-state index in [1.807, 2.05) is 0 Å². The molecule has 1 aliphatic carbocycles. The molecule has 34 valence electrons. The zero-order valence-electron chi connectivity index (χ0n) is 3.85. The lowest BCUT2D eigenvalue weighted by atomic mass is 10.4. The van der Waals surface area contributed by atoms with E-state index in [9.17, 15) is 0 Å². The number of rotatable bonds is 0. The summed E-state index contributed by atoms with van der Waals surface area (Å²) in [4.78, 5) is 0. The number of fused-ring (bicyclic) bond motifs is 1. The summed E-state index contributed by atoms with van der Waals surface area (Å²) in [7, 11) is 0. The minimum Gasteiger partial charge on any atom is -0.346 e. The smallest absolute Gasteiger partial charge is 0.0789 e. The predicted octanol–water partition coefficient (Wildman–Crippen LogP) is -0.801. The van der Waals surface area contributed by atoms with Crippen molar-refractivity contribution < 1.29 is 5.32 Å². The maximum atomic E-state index is 2.43. The Morgan fingerprint density at radius 3 is 2.00 bits per heavy atom. The van der Waals surface area contributed by atoms with Gasteiger partial charge in [0, 0.05) is 11.8 Å². The van der Waals surface area contributed by atoms with Gasteiger partial charge in [0.05, 0.1) is 13.1 Å². The molecule has 0 radical (unpaired) electrons. The van der Waals surface area contributed by atoms with E-state index in [1.165, 1.54) is 13.1 Å². The van der Waals surface area contributed by atoms with Crippen LogP contribution in [0.2, 0.25) is 0 Å². The van der Waals surface area contributed by atoms with E-state index in [1.54, 1.807) is 6.42 Å². The zero-order valence-corrected chi connectivity index (χ0v) is 3.85. The van der Waals surface area contributed by atoms with E-state index in [-0.39, 0.29) is 0 Å². The lowest BCUT2D eigenvalue weighted by Gasteiger charge is -1.84. The molecule has 2 atom stereocenters. The molecular weight excluding hydrogens is 74.1 g/mol. The second-order valence-electron chi connectivity index (χ2n) is 2.52. The summed E-state index contributed by atoms with van der Waals surface area (Å²) in [5, 5.41) is 2.43. The Bertz CT molecular complexity index is 62.3. The van der Waals surface area contributed by atoms with E-state index in [0.717, 1.165) is 11.8 Å². The topological polar surface area (TPSA) is 16.6 Å². The molecule has 0 aromatic heterocycles. The van der Waals surface area contributed by atoms with Crippen LogP contribution in [0.15, 0.2) is 0 Å². The minimum atomic E-state index is 1.16. The second-order valence-corrected chi connectivity index (χ2v) is 2.52. The Kier molecular flexibility index (Phi) is 0.396. The quantitative estimate of drug-likeness (QED) is 0.396. The molecule has 0 bridgehead atoms. The minimum absolute atomic E-state index is 1.16. The SMILES string of the molecule is C1[NH2+]CC2CC12. The molecule has 1 heteroatoms. The average Bonchev–Trinajstić information content (AvgIpc) is 2.17. The van der Waals surface area contributed by atoms with Gasteiger partial charge in [-0.25, -0.2) is 0 Å². The number of piperidine rings is 1. The first-order valence-electron chi connectivity index (χ1n) is 2.78. The molecule has 1 saturated carbocycles. The summed E-state index contributed by atoms with van der Waals surface area (Å²) in [6.45, 7) is 2.87. The first-order valence-corrected chi connectivity index (χ1v) is 2.78. The van der Waals surface area contributed by atoms with Crippen LogP contribution in [-0.2, 0) is 0 Å². The fourth-order valence-corrected chi connectivity index (χ4v) is 1.41. The highest BCUT2D eigenvalue weighted by molar-refractivity contribution is 4.87. The van der Waals surface area contributed by atoms with Crippen molar-refractivity contribution in [3.63, 3.8) is 0 Å². The van der Waals surface area contributed by atoms with Gasteiger partial charge in [0.1, 0.15) is 0 Å². The van der Waals surface area contributed by atoms with Crippen LogP contribution in [0.5, 0.6) is 0 Å². The molecule has 1 nitrogen and oxygen atoms in total. The highest BCUT2D eigenvalue weighted by atomic mass is 14.9. The number of quaternary nitrogens is 1. The Morgan fingerprint density at radius 1 is 1.17 bits per heavy atom. The van der Waals surface area contributed by atoms with Crippen LogP contribution < -0.4 is 5.32 Å². The van der Waals surface area contributed by atoms with Crippen molar-refractivity contribution in [3.8, 4) is 0 Å². The molecule has 2 unspecified atom stereocenters. The molecule has 1 saturated heterocycles. The molecule has 2 N–H and O–H groups in total. The van der Waals surface area contributed by atoms with Crippen molar-refractivity contribution in [1.29, 1.82) is 0 Å². The molecule has 0 aromatic carbocycles. The third-order valence-corrected chi connectivity index (χ3v) is 2.01. The van der Waals surface area contributed by atoms with Gasteiger partial charge in [-0.1, -0.05) is 0 Å². The Hall–Kier alpha value is -0.0400. The van der Waals surface area contributed by atoms with Crippen molar-refractivity contribution in [2.75, 3.05) is 13.1 Å². The summed E-state index contributed by atoms with van der Waals surface area (Å²) in [5.41, 5.74) is 0. The molecule has 6 heavy (non-hydrogen) atoms. The van der Waals surface area contributed by atoms with Gasteiger partial charge in [0.2, 0.25) is 0 Å². The fraction of sp³-hybridized carbons (Fsp3) is 1.00. The summed E-state index contributed by atoms with van der Waals surface area (Å²) < 4.78 is 0. The van der Waals surface area contributed by atoms with E-state index in [4.69, 9.17) is 0 Å². The van der Waals surface area contributed by atoms with Crippen LogP contribution in [0.3, 0.4) is 0 Å². The lowest BCUT2D eigenvalue weighted by Crippen LogP contribution is -2.82. The highest BCUT2D eigenvalue weighted by Gasteiger charge is 2.44. The third kappa shape index (κ3) is 0.243. The van der Waals surface area contributed by atoms with E-state index >= 15 is 0 Å². The van der Waals surface area contributed by atoms with E-state index in [2.05, 4.69) is 5.32 Å². The summed E-state index contributed by atoms with van der Waals surface area (Å²) in [6, 6.07) is 0. The number of hydrogen-bond donors (Lipinski definition) is 1. The largest absolute Gasteiger partial charge is 0.346 e. The maximum Gasteiger partial charge on any atom is 0.0789 e. The lowest BCUT2D eigenvalue weighted by molar-refractivity contribution is -0.644. The van der Waals surface area contributed by atoms with Crippen LogP contribution in [0.4, 0.5) is 0 Å². The van der Waals surface area contributed by atoms with Crippen molar-refractivity contribution in [1.82, 2.24) is 0 Å². The fourth-order valence-electron chi connectivity index (χ4n) is 1.41. The van der Waals surface area contributed by atoms with Gasteiger partial charge in [-0.15, -0.1) is 0 Å². The van der Waals surface area contributed by atoms with Crippen LogP contribution in [0, 0.1) is 11.8 Å².